The van der Waals surface area contributed by atoms with Crippen LogP contribution in [0.15, 0.2) is 24.4 Å². The van der Waals surface area contributed by atoms with Gasteiger partial charge in [-0.2, -0.15) is 10.5 Å². The smallest absolute Gasteiger partial charge is 0.343 e. The first-order chi connectivity index (χ1) is 15.3. The lowest BCUT2D eigenvalue weighted by Gasteiger charge is -2.15. The number of hydrogen-bond acceptors (Lipinski definition) is 13. The average Bonchev–Trinajstić information content (AvgIpc) is 2.78. The van der Waals surface area contributed by atoms with Crippen LogP contribution in [0.4, 0.5) is 0 Å². The van der Waals surface area contributed by atoms with Crippen molar-refractivity contribution in [2.75, 3.05) is 32.4 Å². The van der Waals surface area contributed by atoms with Gasteiger partial charge in [0.05, 0.1) is 12.8 Å². The lowest BCUT2D eigenvalue weighted by molar-refractivity contribution is -0.432. The van der Waals surface area contributed by atoms with E-state index in [4.69, 9.17) is 15.8 Å². The quantitative estimate of drug-likeness (QED) is 0.0469. The number of hydrogen-bond donors (Lipinski definition) is 5. The summed E-state index contributed by atoms with van der Waals surface area (Å²) in [6, 6.07) is 0. The van der Waals surface area contributed by atoms with Crippen LogP contribution in [0.2, 0.25) is 0 Å². The van der Waals surface area contributed by atoms with E-state index in [2.05, 4.69) is 29.8 Å². The molecule has 0 aromatic rings. The summed E-state index contributed by atoms with van der Waals surface area (Å²) in [4.78, 5) is 55.3. The molecular weight excluding hydrogens is 454 g/mol. The fourth-order valence-electron chi connectivity index (χ4n) is 2.05. The molecule has 0 aromatic heterocycles. The molecule has 5 N–H and O–H groups in total. The summed E-state index contributed by atoms with van der Waals surface area (Å²) in [7, 11) is 1.79. The standard InChI is InChI=1S/C17H27N3O11S/c1-20(11-12-32-31-30-27)10-4-2-3-5-13(16(23)18-8-6-14(21)28-25)17(24)19-9-7-15(22)29-26/h2-4,10,13,25-27H,5-9,11-12H2,1H3,(H,18,23)(H,19,24). The molecule has 32 heavy (non-hydrogen) atoms. The Morgan fingerprint density at radius 3 is 2.03 bits per heavy atom. The summed E-state index contributed by atoms with van der Waals surface area (Å²) in [6.45, 7) is 0.269. The van der Waals surface area contributed by atoms with Crippen LogP contribution in [0, 0.1) is 5.92 Å². The minimum absolute atomic E-state index is 0.0120. The third-order valence-corrected chi connectivity index (χ3v) is 4.17. The van der Waals surface area contributed by atoms with Gasteiger partial charge in [0.2, 0.25) is 11.8 Å². The van der Waals surface area contributed by atoms with Gasteiger partial charge >= 0.3 is 11.9 Å². The van der Waals surface area contributed by atoms with Crippen LogP contribution in [-0.4, -0.2) is 76.9 Å². The van der Waals surface area contributed by atoms with E-state index in [0.29, 0.717) is 12.3 Å². The highest BCUT2D eigenvalue weighted by Crippen LogP contribution is 2.07. The Morgan fingerprint density at radius 2 is 1.53 bits per heavy atom. The molecule has 0 saturated heterocycles. The van der Waals surface area contributed by atoms with Crippen molar-refractivity contribution >= 4 is 35.8 Å². The number of nitrogens with one attached hydrogen (secondary N) is 2. The maximum atomic E-state index is 12.3. The molecule has 0 aliphatic carbocycles. The minimum Gasteiger partial charge on any atom is -0.380 e. The fraction of sp³-hybridized carbons (Fsp3) is 0.529. The molecule has 0 aromatic carbocycles. The van der Waals surface area contributed by atoms with Gasteiger partial charge in [-0.1, -0.05) is 17.2 Å². The predicted octanol–water partition coefficient (Wildman–Crippen LogP) is 0.109. The average molecular weight is 481 g/mol. The number of amides is 2. The zero-order chi connectivity index (χ0) is 24.2. The van der Waals surface area contributed by atoms with Crippen LogP contribution in [0.3, 0.4) is 0 Å². The zero-order valence-electron chi connectivity index (χ0n) is 17.3. The predicted molar refractivity (Wildman–Crippen MR) is 109 cm³/mol. The maximum absolute atomic E-state index is 12.3. The maximum Gasteiger partial charge on any atom is 0.343 e. The molecule has 0 fully saturated rings. The highest BCUT2D eigenvalue weighted by Gasteiger charge is 2.25. The Kier molecular flexibility index (Phi) is 17.4. The number of rotatable bonds is 17. The second kappa shape index (κ2) is 19.0. The second-order valence-electron chi connectivity index (χ2n) is 6.01. The lowest BCUT2D eigenvalue weighted by Crippen LogP contribution is -2.42. The normalized spacial score (nSPS) is 11.0. The van der Waals surface area contributed by atoms with Gasteiger partial charge in [0, 0.05) is 44.5 Å². The van der Waals surface area contributed by atoms with Crippen molar-refractivity contribution in [3.63, 3.8) is 0 Å². The summed E-state index contributed by atoms with van der Waals surface area (Å²) < 4.78 is 4.25. The van der Waals surface area contributed by atoms with Crippen LogP contribution in [-0.2, 0) is 38.3 Å². The van der Waals surface area contributed by atoms with Crippen LogP contribution in [0.5, 0.6) is 0 Å². The number of carbonyl (C=O) groups excluding carboxylic acids is 4. The van der Waals surface area contributed by atoms with E-state index in [1.165, 1.54) is 0 Å². The Labute approximate surface area is 188 Å². The number of carbonyl (C=O) groups is 4. The Bertz CT molecular complexity index is 611. The van der Waals surface area contributed by atoms with Crippen molar-refractivity contribution in [2.24, 2.45) is 5.92 Å². The van der Waals surface area contributed by atoms with Crippen LogP contribution in [0.25, 0.3) is 0 Å². The number of nitrogens with zero attached hydrogens (tertiary/aromatic N) is 1. The molecule has 0 saturated carbocycles. The molecule has 0 heterocycles. The first-order valence-corrected chi connectivity index (χ1v) is 10.1. The van der Waals surface area contributed by atoms with Crippen molar-refractivity contribution in [2.45, 2.75) is 19.3 Å². The summed E-state index contributed by atoms with van der Waals surface area (Å²) in [5.41, 5.74) is 0. The van der Waals surface area contributed by atoms with Crippen molar-refractivity contribution in [1.29, 1.82) is 0 Å². The SMILES string of the molecule is CN(C=CC=CCC(C(=O)NCCC(=O)OO)C(=O)NCCC(=O)OO)CCSOOO. The van der Waals surface area contributed by atoms with Crippen molar-refractivity contribution in [3.8, 4) is 0 Å². The number of allylic oxidation sites excluding steroid dienone is 3. The Morgan fingerprint density at radius 1 is 0.969 bits per heavy atom. The van der Waals surface area contributed by atoms with Gasteiger partial charge in [0.25, 0.3) is 0 Å². The largest absolute Gasteiger partial charge is 0.380 e. The summed E-state index contributed by atoms with van der Waals surface area (Å²) >= 11 is 0.915. The van der Waals surface area contributed by atoms with Crippen molar-refractivity contribution < 1.29 is 54.1 Å². The van der Waals surface area contributed by atoms with E-state index >= 15 is 0 Å². The van der Waals surface area contributed by atoms with Crippen molar-refractivity contribution in [1.82, 2.24) is 15.5 Å². The van der Waals surface area contributed by atoms with Gasteiger partial charge in [-0.15, -0.1) is 4.33 Å². The van der Waals surface area contributed by atoms with Crippen LogP contribution >= 0.6 is 12.0 Å². The van der Waals surface area contributed by atoms with Gasteiger partial charge < -0.3 is 25.3 Å². The second-order valence-corrected chi connectivity index (χ2v) is 6.79. The lowest BCUT2D eigenvalue weighted by atomic mass is 10.0. The molecule has 0 radical (unpaired) electrons. The topological polar surface area (TPSA) is 193 Å². The van der Waals surface area contributed by atoms with E-state index in [9.17, 15) is 19.2 Å². The molecule has 182 valence electrons. The fourth-order valence-corrected chi connectivity index (χ4v) is 2.52. The molecule has 0 spiro atoms. The van der Waals surface area contributed by atoms with E-state index in [1.54, 1.807) is 31.5 Å². The van der Waals surface area contributed by atoms with E-state index in [-0.39, 0.29) is 32.4 Å². The molecule has 0 aliphatic rings. The van der Waals surface area contributed by atoms with E-state index in [0.717, 1.165) is 12.0 Å². The Hall–Kier alpha value is -2.69. The molecule has 14 nitrogen and oxygen atoms in total. The molecule has 0 unspecified atom stereocenters. The third-order valence-electron chi connectivity index (χ3n) is 3.66. The third kappa shape index (κ3) is 15.2. The van der Waals surface area contributed by atoms with Gasteiger partial charge in [-0.05, 0) is 18.7 Å². The van der Waals surface area contributed by atoms with Gasteiger partial charge in [-0.3, -0.25) is 9.59 Å². The summed E-state index contributed by atoms with van der Waals surface area (Å²) in [6.07, 6.45) is 6.03. The molecule has 0 aliphatic heterocycles. The summed E-state index contributed by atoms with van der Waals surface area (Å²) in [5.74, 6) is -3.90. The summed E-state index contributed by atoms with van der Waals surface area (Å²) in [5, 5.41) is 32.7. The first-order valence-electron chi connectivity index (χ1n) is 9.22. The molecule has 2 amide bonds. The zero-order valence-corrected chi connectivity index (χ0v) is 18.1. The molecule has 0 atom stereocenters. The molecule has 15 heteroatoms. The highest BCUT2D eigenvalue weighted by atomic mass is 32.2. The molecular formula is C17H27N3O11S. The van der Waals surface area contributed by atoms with Crippen LogP contribution < -0.4 is 10.6 Å². The highest BCUT2D eigenvalue weighted by molar-refractivity contribution is 7.94. The van der Waals surface area contributed by atoms with E-state index in [1.807, 2.05) is 4.90 Å². The van der Waals surface area contributed by atoms with Crippen molar-refractivity contribution in [3.05, 3.63) is 24.4 Å². The Balaban J connectivity index is 4.73. The molecule has 0 rings (SSSR count). The molecule has 0 bridgehead atoms. The van der Waals surface area contributed by atoms with Gasteiger partial charge in [0.15, 0.2) is 0 Å². The first kappa shape index (κ1) is 29.3. The monoisotopic (exact) mass is 481 g/mol. The van der Waals surface area contributed by atoms with Gasteiger partial charge in [-0.25, -0.2) is 14.8 Å². The minimum atomic E-state index is -1.17. The van der Waals surface area contributed by atoms with Gasteiger partial charge in [0.1, 0.15) is 5.92 Å². The van der Waals surface area contributed by atoms with E-state index < -0.39 is 29.7 Å². The van der Waals surface area contributed by atoms with Crippen LogP contribution in [0.1, 0.15) is 19.3 Å².